The highest BCUT2D eigenvalue weighted by Crippen LogP contribution is 2.33. The van der Waals surface area contributed by atoms with Crippen LogP contribution in [0, 0.1) is 0 Å². The Bertz CT molecular complexity index is 284. The van der Waals surface area contributed by atoms with E-state index >= 15 is 0 Å². The minimum absolute atomic E-state index is 0. The molecule has 0 bridgehead atoms. The summed E-state index contributed by atoms with van der Waals surface area (Å²) in [6.45, 7) is 9.97. The third kappa shape index (κ3) is 6.85. The van der Waals surface area contributed by atoms with Gasteiger partial charge in [-0.15, -0.1) is 24.0 Å². The van der Waals surface area contributed by atoms with Crippen LogP contribution < -0.4 is 10.6 Å². The Labute approximate surface area is 145 Å². The summed E-state index contributed by atoms with van der Waals surface area (Å²) in [4.78, 5) is 4.79. The second kappa shape index (κ2) is 11.0. The molecule has 1 saturated heterocycles. The molecule has 1 heterocycles. The number of nitrogens with one attached hydrogen (secondary N) is 2. The Balaban J connectivity index is 0.00000361. The van der Waals surface area contributed by atoms with Gasteiger partial charge in [0.05, 0.1) is 6.54 Å². The van der Waals surface area contributed by atoms with Gasteiger partial charge in [0.25, 0.3) is 0 Å². The maximum absolute atomic E-state index is 5.47. The monoisotopic (exact) mass is 415 g/mol. The highest BCUT2D eigenvalue weighted by atomic mass is 127. The van der Waals surface area contributed by atoms with E-state index in [9.17, 15) is 0 Å². The molecule has 1 aliphatic heterocycles. The van der Waals surface area contributed by atoms with Crippen LogP contribution in [0.4, 0.5) is 0 Å². The van der Waals surface area contributed by atoms with Gasteiger partial charge < -0.3 is 15.4 Å². The smallest absolute Gasteiger partial charge is 0.191 e. The molecule has 0 radical (unpaired) electrons. The van der Waals surface area contributed by atoms with Gasteiger partial charge in [-0.3, -0.25) is 4.99 Å². The van der Waals surface area contributed by atoms with Crippen molar-refractivity contribution in [3.8, 4) is 0 Å². The lowest BCUT2D eigenvalue weighted by Crippen LogP contribution is -2.44. The summed E-state index contributed by atoms with van der Waals surface area (Å²) in [7, 11) is 0. The van der Waals surface area contributed by atoms with Crippen molar-refractivity contribution in [2.75, 3.05) is 32.6 Å². The number of rotatable bonds is 6. The summed E-state index contributed by atoms with van der Waals surface area (Å²) < 4.78 is 5.73. The molecule has 0 saturated carbocycles. The number of nitrogens with zero attached hydrogens (tertiary/aromatic N) is 1. The van der Waals surface area contributed by atoms with Crippen molar-refractivity contribution in [1.82, 2.24) is 10.6 Å². The predicted molar refractivity (Wildman–Crippen MR) is 101 cm³/mol. The Hall–Kier alpha value is 0.310. The highest BCUT2D eigenvalue weighted by Gasteiger charge is 2.31. The summed E-state index contributed by atoms with van der Waals surface area (Å²) in [6, 6.07) is 0.456. The molecule has 0 spiro atoms. The molecule has 0 aromatic carbocycles. The second-order valence-electron chi connectivity index (χ2n) is 5.15. The zero-order chi connectivity index (χ0) is 14.1. The Morgan fingerprint density at radius 1 is 1.35 bits per heavy atom. The first kappa shape index (κ1) is 20.3. The third-order valence-corrected chi connectivity index (χ3v) is 5.11. The fraction of sp³-hybridized carbons (Fsp3) is 0.929. The van der Waals surface area contributed by atoms with Crippen molar-refractivity contribution in [2.24, 2.45) is 4.99 Å². The number of ether oxygens (including phenoxy) is 1. The molecule has 1 atom stereocenters. The van der Waals surface area contributed by atoms with Crippen LogP contribution in [0.15, 0.2) is 4.99 Å². The summed E-state index contributed by atoms with van der Waals surface area (Å²) in [6.07, 6.45) is 5.49. The standard InChI is InChI=1S/C14H29N3OS.HI/c1-5-12(3)17-13(15-6-2)16-11-14(19-4)7-9-18-10-8-14;/h12H,5-11H2,1-4H3,(H2,15,16,17);1H. The van der Waals surface area contributed by atoms with Gasteiger partial charge >= 0.3 is 0 Å². The molecule has 0 aromatic heterocycles. The van der Waals surface area contributed by atoms with Gasteiger partial charge in [0.15, 0.2) is 5.96 Å². The van der Waals surface area contributed by atoms with Gasteiger partial charge in [-0.2, -0.15) is 11.8 Å². The van der Waals surface area contributed by atoms with E-state index < -0.39 is 0 Å². The van der Waals surface area contributed by atoms with Crippen LogP contribution in [0.3, 0.4) is 0 Å². The molecule has 1 aliphatic rings. The van der Waals surface area contributed by atoms with E-state index in [0.29, 0.717) is 6.04 Å². The number of hydrogen-bond acceptors (Lipinski definition) is 3. The molecule has 1 unspecified atom stereocenters. The predicted octanol–water partition coefficient (Wildman–Crippen LogP) is 2.87. The zero-order valence-corrected chi connectivity index (χ0v) is 16.3. The van der Waals surface area contributed by atoms with E-state index in [2.05, 4.69) is 37.7 Å². The van der Waals surface area contributed by atoms with Gasteiger partial charge in [0, 0.05) is 30.5 Å². The van der Waals surface area contributed by atoms with E-state index in [1.54, 1.807) is 0 Å². The molecule has 0 aliphatic carbocycles. The molecule has 4 nitrogen and oxygen atoms in total. The first-order valence-electron chi connectivity index (χ1n) is 7.33. The van der Waals surface area contributed by atoms with E-state index in [4.69, 9.17) is 9.73 Å². The molecule has 2 N–H and O–H groups in total. The number of aliphatic imine (C=N–C) groups is 1. The molecular weight excluding hydrogens is 385 g/mol. The highest BCUT2D eigenvalue weighted by molar-refractivity contribution is 14.0. The van der Waals surface area contributed by atoms with Gasteiger partial charge in [-0.1, -0.05) is 6.92 Å². The fourth-order valence-corrected chi connectivity index (χ4v) is 2.82. The summed E-state index contributed by atoms with van der Waals surface area (Å²) in [5.74, 6) is 0.941. The van der Waals surface area contributed by atoms with Crippen molar-refractivity contribution in [3.63, 3.8) is 0 Å². The van der Waals surface area contributed by atoms with Crippen molar-refractivity contribution in [2.45, 2.75) is 50.8 Å². The summed E-state index contributed by atoms with van der Waals surface area (Å²) in [5.41, 5.74) is 0. The van der Waals surface area contributed by atoms with Gasteiger partial charge in [0.2, 0.25) is 0 Å². The largest absolute Gasteiger partial charge is 0.381 e. The lowest BCUT2D eigenvalue weighted by Gasteiger charge is -2.34. The molecule has 1 rings (SSSR count). The quantitative estimate of drug-likeness (QED) is 0.398. The average Bonchev–Trinajstić information content (AvgIpc) is 2.46. The Kier molecular flexibility index (Phi) is 11.1. The number of halogens is 1. The summed E-state index contributed by atoms with van der Waals surface area (Å²) >= 11 is 1.94. The molecule has 6 heteroatoms. The van der Waals surface area contributed by atoms with Crippen LogP contribution in [0.5, 0.6) is 0 Å². The van der Waals surface area contributed by atoms with Crippen LogP contribution in [0.2, 0.25) is 0 Å². The average molecular weight is 415 g/mol. The number of thioether (sulfide) groups is 1. The first-order chi connectivity index (χ1) is 9.15. The molecular formula is C14H30IN3OS. The zero-order valence-electron chi connectivity index (χ0n) is 13.2. The van der Waals surface area contributed by atoms with Gasteiger partial charge in [-0.25, -0.2) is 0 Å². The van der Waals surface area contributed by atoms with Crippen molar-refractivity contribution < 1.29 is 4.74 Å². The van der Waals surface area contributed by atoms with E-state index in [0.717, 1.165) is 51.5 Å². The maximum Gasteiger partial charge on any atom is 0.191 e. The van der Waals surface area contributed by atoms with E-state index in [1.165, 1.54) is 0 Å². The Morgan fingerprint density at radius 2 is 2.00 bits per heavy atom. The molecule has 120 valence electrons. The summed E-state index contributed by atoms with van der Waals surface area (Å²) in [5, 5.41) is 6.77. The normalized spacial score (nSPS) is 19.9. The van der Waals surface area contributed by atoms with Crippen molar-refractivity contribution in [3.05, 3.63) is 0 Å². The van der Waals surface area contributed by atoms with Gasteiger partial charge in [0.1, 0.15) is 0 Å². The lowest BCUT2D eigenvalue weighted by molar-refractivity contribution is 0.0794. The van der Waals surface area contributed by atoms with Crippen LogP contribution in [-0.4, -0.2) is 49.3 Å². The third-order valence-electron chi connectivity index (χ3n) is 3.70. The molecule has 0 aromatic rings. The van der Waals surface area contributed by atoms with Crippen LogP contribution in [0.25, 0.3) is 0 Å². The first-order valence-corrected chi connectivity index (χ1v) is 8.56. The van der Waals surface area contributed by atoms with E-state index in [1.807, 2.05) is 11.8 Å². The molecule has 1 fully saturated rings. The van der Waals surface area contributed by atoms with Crippen LogP contribution in [0.1, 0.15) is 40.0 Å². The van der Waals surface area contributed by atoms with E-state index in [-0.39, 0.29) is 28.7 Å². The topological polar surface area (TPSA) is 45.7 Å². The number of guanidine groups is 1. The molecule has 20 heavy (non-hydrogen) atoms. The number of hydrogen-bond donors (Lipinski definition) is 2. The maximum atomic E-state index is 5.47. The minimum Gasteiger partial charge on any atom is -0.381 e. The van der Waals surface area contributed by atoms with Crippen molar-refractivity contribution in [1.29, 1.82) is 0 Å². The SMILES string of the molecule is CCNC(=NCC1(SC)CCOCC1)NC(C)CC.I. The fourth-order valence-electron chi connectivity index (χ4n) is 2.05. The minimum atomic E-state index is 0. The van der Waals surface area contributed by atoms with Crippen molar-refractivity contribution >= 4 is 41.7 Å². The van der Waals surface area contributed by atoms with Crippen LogP contribution >= 0.6 is 35.7 Å². The molecule has 0 amide bonds. The van der Waals surface area contributed by atoms with Gasteiger partial charge in [-0.05, 0) is 39.4 Å². The Morgan fingerprint density at radius 3 is 2.50 bits per heavy atom. The second-order valence-corrected chi connectivity index (χ2v) is 6.42. The lowest BCUT2D eigenvalue weighted by atomic mass is 9.99. The van der Waals surface area contributed by atoms with Crippen LogP contribution in [-0.2, 0) is 4.74 Å².